The Balaban J connectivity index is 2.14. The van der Waals surface area contributed by atoms with Crippen LogP contribution in [0.4, 0.5) is 0 Å². The second kappa shape index (κ2) is 5.04. The highest BCUT2D eigenvalue weighted by Gasteiger charge is 2.29. The van der Waals surface area contributed by atoms with Crippen molar-refractivity contribution in [3.8, 4) is 11.4 Å². The molecule has 1 saturated carbocycles. The molecule has 98 valence electrons. The van der Waals surface area contributed by atoms with Crippen molar-refractivity contribution in [2.24, 2.45) is 0 Å². The fourth-order valence-corrected chi connectivity index (χ4v) is 2.97. The lowest BCUT2D eigenvalue weighted by Gasteiger charge is -2.09. The van der Waals surface area contributed by atoms with Gasteiger partial charge >= 0.3 is 0 Å². The third-order valence-electron chi connectivity index (χ3n) is 3.23. The van der Waals surface area contributed by atoms with Crippen LogP contribution in [0.5, 0.6) is 0 Å². The van der Waals surface area contributed by atoms with E-state index in [1.165, 1.54) is 12.8 Å². The van der Waals surface area contributed by atoms with E-state index >= 15 is 0 Å². The number of aryl methyl sites for hydroxylation is 1. The average Bonchev–Trinajstić information content (AvgIpc) is 3.17. The monoisotopic (exact) mass is 356 g/mol. The molecule has 1 fully saturated rings. The summed E-state index contributed by atoms with van der Waals surface area (Å²) < 4.78 is 0.826. The van der Waals surface area contributed by atoms with Crippen LogP contribution in [0.2, 0.25) is 10.2 Å². The molecule has 19 heavy (non-hydrogen) atoms. The Bertz CT molecular complexity index is 654. The van der Waals surface area contributed by atoms with E-state index in [1.807, 2.05) is 25.1 Å². The van der Waals surface area contributed by atoms with Gasteiger partial charge < -0.3 is 0 Å². The summed E-state index contributed by atoms with van der Waals surface area (Å²) in [5.74, 6) is 1.19. The number of benzene rings is 1. The minimum Gasteiger partial charge on any atom is -0.231 e. The maximum absolute atomic E-state index is 6.20. The largest absolute Gasteiger partial charge is 0.231 e. The molecule has 0 atom stereocenters. The molecule has 0 spiro atoms. The lowest BCUT2D eigenvalue weighted by molar-refractivity contribution is 0.978. The first-order chi connectivity index (χ1) is 9.06. The molecule has 1 aliphatic carbocycles. The molecule has 2 nitrogen and oxygen atoms in total. The quantitative estimate of drug-likeness (QED) is 0.672. The van der Waals surface area contributed by atoms with Gasteiger partial charge in [-0.05, 0) is 59.5 Å². The van der Waals surface area contributed by atoms with Crippen molar-refractivity contribution in [1.29, 1.82) is 0 Å². The molecule has 0 saturated heterocycles. The van der Waals surface area contributed by atoms with Crippen molar-refractivity contribution in [2.45, 2.75) is 25.7 Å². The molecule has 0 unspecified atom stereocenters. The minimum absolute atomic E-state index is 0.473. The highest BCUT2D eigenvalue weighted by Crippen LogP contribution is 2.44. The van der Waals surface area contributed by atoms with Gasteiger partial charge in [-0.1, -0.05) is 23.2 Å². The maximum atomic E-state index is 6.20. The fourth-order valence-electron chi connectivity index (χ4n) is 2.06. The molecule has 0 N–H and O–H groups in total. The topological polar surface area (TPSA) is 25.8 Å². The van der Waals surface area contributed by atoms with Gasteiger partial charge in [-0.25, -0.2) is 9.97 Å². The zero-order chi connectivity index (χ0) is 13.6. The molecule has 2 aromatic rings. The molecular formula is C14H11BrCl2N2. The van der Waals surface area contributed by atoms with Gasteiger partial charge in [0.25, 0.3) is 0 Å². The molecule has 0 radical (unpaired) electrons. The first-order valence-corrected chi connectivity index (χ1v) is 7.60. The molecule has 1 aliphatic rings. The molecular weight excluding hydrogens is 347 g/mol. The highest BCUT2D eigenvalue weighted by atomic mass is 79.9. The molecule has 1 heterocycles. The summed E-state index contributed by atoms with van der Waals surface area (Å²) in [5, 5.41) is 1.19. The maximum Gasteiger partial charge on any atom is 0.161 e. The van der Waals surface area contributed by atoms with Gasteiger partial charge in [0.2, 0.25) is 0 Å². The Morgan fingerprint density at radius 2 is 1.95 bits per heavy atom. The summed E-state index contributed by atoms with van der Waals surface area (Å²) in [6.45, 7) is 2.00. The molecule has 1 aromatic carbocycles. The van der Waals surface area contributed by atoms with E-state index in [1.54, 1.807) is 0 Å². The van der Waals surface area contributed by atoms with E-state index in [0.717, 1.165) is 21.3 Å². The van der Waals surface area contributed by atoms with Crippen molar-refractivity contribution < 1.29 is 0 Å². The number of nitrogens with zero attached hydrogens (tertiary/aromatic N) is 2. The third-order valence-corrected chi connectivity index (χ3v) is 4.75. The Morgan fingerprint density at radius 3 is 2.58 bits per heavy atom. The van der Waals surface area contributed by atoms with E-state index in [2.05, 4.69) is 25.9 Å². The van der Waals surface area contributed by atoms with Crippen molar-refractivity contribution in [3.05, 3.63) is 44.1 Å². The SMILES string of the molecule is Cc1cc(Cl)ccc1-c1nc(Cl)c(Br)c(C2CC2)n1. The van der Waals surface area contributed by atoms with Crippen LogP contribution >= 0.6 is 39.1 Å². The van der Waals surface area contributed by atoms with E-state index in [4.69, 9.17) is 23.2 Å². The molecule has 0 aliphatic heterocycles. The molecule has 0 bridgehead atoms. The summed E-state index contributed by atoms with van der Waals surface area (Å²) in [4.78, 5) is 9.04. The third kappa shape index (κ3) is 2.64. The number of aromatic nitrogens is 2. The van der Waals surface area contributed by atoms with Gasteiger partial charge in [-0.3, -0.25) is 0 Å². The minimum atomic E-state index is 0.473. The van der Waals surface area contributed by atoms with Crippen LogP contribution in [0.15, 0.2) is 22.7 Å². The van der Waals surface area contributed by atoms with Gasteiger partial charge in [0.15, 0.2) is 5.82 Å². The van der Waals surface area contributed by atoms with Crippen molar-refractivity contribution >= 4 is 39.1 Å². The Labute approximate surface area is 130 Å². The summed E-state index contributed by atoms with van der Waals surface area (Å²) in [6.07, 6.45) is 2.34. The predicted octanol–water partition coefficient (Wildman–Crippen LogP) is 5.40. The summed E-state index contributed by atoms with van der Waals surface area (Å²) in [6, 6.07) is 5.70. The second-order valence-electron chi connectivity index (χ2n) is 4.77. The van der Waals surface area contributed by atoms with Gasteiger partial charge in [-0.2, -0.15) is 0 Å². The Kier molecular flexibility index (Phi) is 3.54. The number of hydrogen-bond acceptors (Lipinski definition) is 2. The van der Waals surface area contributed by atoms with E-state index in [0.29, 0.717) is 21.9 Å². The van der Waals surface area contributed by atoms with Gasteiger partial charge in [0.1, 0.15) is 5.15 Å². The number of halogens is 3. The van der Waals surface area contributed by atoms with Crippen LogP contribution in [-0.2, 0) is 0 Å². The zero-order valence-corrected chi connectivity index (χ0v) is 13.3. The van der Waals surface area contributed by atoms with Crippen LogP contribution in [0.3, 0.4) is 0 Å². The molecule has 3 rings (SSSR count). The van der Waals surface area contributed by atoms with E-state index < -0.39 is 0 Å². The van der Waals surface area contributed by atoms with E-state index in [-0.39, 0.29) is 0 Å². The second-order valence-corrected chi connectivity index (χ2v) is 6.36. The normalized spacial score (nSPS) is 14.7. The lowest BCUT2D eigenvalue weighted by Crippen LogP contribution is -1.98. The lowest BCUT2D eigenvalue weighted by atomic mass is 10.1. The van der Waals surface area contributed by atoms with Crippen molar-refractivity contribution in [3.63, 3.8) is 0 Å². The van der Waals surface area contributed by atoms with Crippen LogP contribution in [-0.4, -0.2) is 9.97 Å². The Morgan fingerprint density at radius 1 is 1.21 bits per heavy atom. The van der Waals surface area contributed by atoms with Crippen LogP contribution in [0, 0.1) is 6.92 Å². The Hall–Kier alpha value is -0.640. The smallest absolute Gasteiger partial charge is 0.161 e. The number of rotatable bonds is 2. The number of hydrogen-bond donors (Lipinski definition) is 0. The zero-order valence-electron chi connectivity index (χ0n) is 10.3. The first kappa shape index (κ1) is 13.3. The van der Waals surface area contributed by atoms with Crippen LogP contribution in [0.25, 0.3) is 11.4 Å². The summed E-state index contributed by atoms with van der Waals surface area (Å²) in [7, 11) is 0. The average molecular weight is 358 g/mol. The molecule has 1 aromatic heterocycles. The summed E-state index contributed by atoms with van der Waals surface area (Å²) >= 11 is 15.7. The van der Waals surface area contributed by atoms with E-state index in [9.17, 15) is 0 Å². The van der Waals surface area contributed by atoms with Gasteiger partial charge in [-0.15, -0.1) is 0 Å². The fraction of sp³-hybridized carbons (Fsp3) is 0.286. The molecule has 5 heteroatoms. The molecule has 0 amide bonds. The van der Waals surface area contributed by atoms with Gasteiger partial charge in [0.05, 0.1) is 10.2 Å². The predicted molar refractivity (Wildman–Crippen MR) is 81.9 cm³/mol. The van der Waals surface area contributed by atoms with Crippen LogP contribution in [0.1, 0.15) is 30.0 Å². The van der Waals surface area contributed by atoms with Gasteiger partial charge in [0, 0.05) is 16.5 Å². The van der Waals surface area contributed by atoms with Crippen molar-refractivity contribution in [2.75, 3.05) is 0 Å². The standard InChI is InChI=1S/C14H11BrCl2N2/c1-7-6-9(16)4-5-10(7)14-18-12(8-2-3-8)11(15)13(17)19-14/h4-6,8H,2-3H2,1H3. The van der Waals surface area contributed by atoms with Crippen molar-refractivity contribution in [1.82, 2.24) is 9.97 Å². The van der Waals surface area contributed by atoms with Crippen LogP contribution < -0.4 is 0 Å². The highest BCUT2D eigenvalue weighted by molar-refractivity contribution is 9.10. The summed E-state index contributed by atoms with van der Waals surface area (Å²) in [5.41, 5.74) is 3.04. The first-order valence-electron chi connectivity index (χ1n) is 6.05.